The fraction of sp³-hybridized carbons (Fsp3) is 0.889. The molecule has 0 N–H and O–H groups in total. The summed E-state index contributed by atoms with van der Waals surface area (Å²) in [5, 5.41) is 0. The van der Waals surface area contributed by atoms with E-state index in [-0.39, 0.29) is 12.1 Å². The van der Waals surface area contributed by atoms with Gasteiger partial charge in [0.05, 0.1) is 19.5 Å². The van der Waals surface area contributed by atoms with Crippen LogP contribution in [0.1, 0.15) is 6.42 Å². The third kappa shape index (κ3) is 1.98. The molecule has 0 aliphatic carbocycles. The number of hydrogen-bond donors (Lipinski definition) is 0. The van der Waals surface area contributed by atoms with Crippen LogP contribution in [-0.2, 0) is 14.2 Å². The van der Waals surface area contributed by atoms with Crippen LogP contribution < -0.4 is 0 Å². The molecule has 14 heavy (non-hydrogen) atoms. The molecular weight excluding hydrogens is 206 g/mol. The molecule has 2 aliphatic heterocycles. The summed E-state index contributed by atoms with van der Waals surface area (Å²) in [4.78, 5) is 0. The van der Waals surface area contributed by atoms with Crippen LogP contribution in [0.3, 0.4) is 0 Å². The maximum absolute atomic E-state index is 13.5. The van der Waals surface area contributed by atoms with Gasteiger partial charge in [-0.25, -0.2) is 4.39 Å². The van der Waals surface area contributed by atoms with Crippen LogP contribution in [-0.4, -0.2) is 50.6 Å². The molecule has 2 saturated heterocycles. The van der Waals surface area contributed by atoms with Gasteiger partial charge in [-0.2, -0.15) is 0 Å². The second-order valence-electron chi connectivity index (χ2n) is 3.71. The number of fused-ring (bicyclic) bond motifs is 1. The Bertz CT molecular complexity index is 236. The minimum atomic E-state index is -0.921. The van der Waals surface area contributed by atoms with E-state index in [1.54, 1.807) is 0 Å². The molecule has 0 saturated carbocycles. The summed E-state index contributed by atoms with van der Waals surface area (Å²) in [7, 11) is -0.587. The Balaban J connectivity index is 2.01. The van der Waals surface area contributed by atoms with Gasteiger partial charge in [0.2, 0.25) is 0 Å². The van der Waals surface area contributed by atoms with E-state index >= 15 is 0 Å². The Morgan fingerprint density at radius 1 is 1.43 bits per heavy atom. The first kappa shape index (κ1) is 10.5. The molecule has 5 unspecified atom stereocenters. The summed E-state index contributed by atoms with van der Waals surface area (Å²) in [5.74, 6) is 0. The molecule has 0 aromatic heterocycles. The fourth-order valence-corrected chi connectivity index (χ4v) is 2.41. The summed E-state index contributed by atoms with van der Waals surface area (Å²) in [5.41, 5.74) is 0. The summed E-state index contributed by atoms with van der Waals surface area (Å²) in [6, 6.07) is -0.328. The van der Waals surface area contributed by atoms with E-state index in [0.717, 1.165) is 0 Å². The van der Waals surface area contributed by atoms with E-state index in [9.17, 15) is 4.39 Å². The molecule has 2 heterocycles. The van der Waals surface area contributed by atoms with E-state index in [4.69, 9.17) is 14.2 Å². The lowest BCUT2D eigenvalue weighted by Gasteiger charge is -2.38. The van der Waals surface area contributed by atoms with Gasteiger partial charge in [0.15, 0.2) is 0 Å². The van der Waals surface area contributed by atoms with Crippen molar-refractivity contribution in [1.82, 2.24) is 0 Å². The number of alkyl halides is 1. The second-order valence-corrected chi connectivity index (χ2v) is 5.65. The van der Waals surface area contributed by atoms with Crippen molar-refractivity contribution in [2.75, 3.05) is 19.9 Å². The van der Waals surface area contributed by atoms with Crippen molar-refractivity contribution in [2.45, 2.75) is 30.8 Å². The summed E-state index contributed by atoms with van der Waals surface area (Å²) >= 11 is 0. The smallest absolute Gasteiger partial charge is 0.324 e. The number of halogens is 1. The Morgan fingerprint density at radius 3 is 2.93 bits per heavy atom. The van der Waals surface area contributed by atoms with E-state index in [0.29, 0.717) is 19.6 Å². The lowest BCUT2D eigenvalue weighted by Crippen LogP contribution is -2.52. The predicted molar refractivity (Wildman–Crippen MR) is 53.8 cm³/mol. The van der Waals surface area contributed by atoms with E-state index in [2.05, 4.69) is 6.30 Å². The molecule has 0 amide bonds. The lowest BCUT2D eigenvalue weighted by atomic mass is 10.0. The van der Waals surface area contributed by atoms with Crippen LogP contribution in [0.4, 0.5) is 4.39 Å². The first-order valence-corrected chi connectivity index (χ1v) is 6.79. The van der Waals surface area contributed by atoms with Crippen LogP contribution in [0.15, 0.2) is 0 Å². The molecule has 2 rings (SSSR count). The zero-order valence-electron chi connectivity index (χ0n) is 8.19. The van der Waals surface area contributed by atoms with Gasteiger partial charge in [-0.1, -0.05) is 0 Å². The minimum Gasteiger partial charge on any atom is -0.373 e. The Kier molecular flexibility index (Phi) is 3.17. The first-order chi connectivity index (χ1) is 6.68. The largest absolute Gasteiger partial charge is 0.373 e. The van der Waals surface area contributed by atoms with Gasteiger partial charge in [0.1, 0.15) is 32.6 Å². The Morgan fingerprint density at radius 2 is 2.21 bits per heavy atom. The zero-order valence-corrected chi connectivity index (χ0v) is 9.08. The third-order valence-corrected chi connectivity index (χ3v) is 3.48. The van der Waals surface area contributed by atoms with Gasteiger partial charge in [-0.05, 0) is 0 Å². The van der Waals surface area contributed by atoms with Gasteiger partial charge < -0.3 is 14.2 Å². The van der Waals surface area contributed by atoms with Crippen molar-refractivity contribution in [3.05, 3.63) is 0 Å². The van der Waals surface area contributed by atoms with E-state index in [1.165, 1.54) is 0 Å². The lowest BCUT2D eigenvalue weighted by molar-refractivity contribution is -0.258. The SMILES string of the molecule is C=[P+](C)C1OCC2OCCC(F)C2O1. The van der Waals surface area contributed by atoms with Crippen LogP contribution >= 0.6 is 7.55 Å². The monoisotopic (exact) mass is 221 g/mol. The van der Waals surface area contributed by atoms with Crippen LogP contribution in [0.25, 0.3) is 0 Å². The number of hydrogen-bond acceptors (Lipinski definition) is 3. The molecule has 0 aromatic rings. The third-order valence-electron chi connectivity index (χ3n) is 2.48. The zero-order chi connectivity index (χ0) is 10.1. The van der Waals surface area contributed by atoms with Crippen molar-refractivity contribution in [3.8, 4) is 0 Å². The molecule has 80 valence electrons. The summed E-state index contributed by atoms with van der Waals surface area (Å²) in [6.45, 7) is 2.85. The average molecular weight is 221 g/mol. The molecule has 3 nitrogen and oxygen atoms in total. The highest BCUT2D eigenvalue weighted by atomic mass is 31.1. The second kappa shape index (κ2) is 4.23. The molecule has 2 fully saturated rings. The Hall–Kier alpha value is -0.0200. The van der Waals surface area contributed by atoms with E-state index in [1.807, 2.05) is 6.66 Å². The van der Waals surface area contributed by atoms with Crippen molar-refractivity contribution >= 4 is 13.8 Å². The molecule has 0 aromatic carbocycles. The first-order valence-electron chi connectivity index (χ1n) is 4.74. The van der Waals surface area contributed by atoms with Gasteiger partial charge in [-0.15, -0.1) is 0 Å². The highest BCUT2D eigenvalue weighted by Gasteiger charge is 2.43. The quantitative estimate of drug-likeness (QED) is 0.626. The minimum absolute atomic E-state index is 0.232. The highest BCUT2D eigenvalue weighted by molar-refractivity contribution is 7.55. The van der Waals surface area contributed by atoms with Crippen molar-refractivity contribution < 1.29 is 18.6 Å². The number of ether oxygens (including phenoxy) is 3. The fourth-order valence-electron chi connectivity index (χ4n) is 1.72. The van der Waals surface area contributed by atoms with Crippen molar-refractivity contribution in [1.29, 1.82) is 0 Å². The van der Waals surface area contributed by atoms with Gasteiger partial charge >= 0.3 is 6.03 Å². The van der Waals surface area contributed by atoms with Crippen molar-refractivity contribution in [3.63, 3.8) is 0 Å². The summed E-state index contributed by atoms with van der Waals surface area (Å²) in [6.07, 6.45) is 2.70. The molecule has 0 radical (unpaired) electrons. The Labute approximate surface area is 83.9 Å². The predicted octanol–water partition coefficient (Wildman–Crippen LogP) is 1.36. The number of rotatable bonds is 1. The molecule has 0 bridgehead atoms. The van der Waals surface area contributed by atoms with Crippen LogP contribution in [0.5, 0.6) is 0 Å². The topological polar surface area (TPSA) is 27.7 Å². The van der Waals surface area contributed by atoms with Gasteiger partial charge in [0.25, 0.3) is 0 Å². The highest BCUT2D eigenvalue weighted by Crippen LogP contribution is 2.34. The summed E-state index contributed by atoms with van der Waals surface area (Å²) < 4.78 is 29.8. The van der Waals surface area contributed by atoms with Crippen LogP contribution in [0.2, 0.25) is 0 Å². The molecule has 0 spiro atoms. The van der Waals surface area contributed by atoms with Gasteiger partial charge in [0, 0.05) is 6.42 Å². The average Bonchev–Trinajstić information content (AvgIpc) is 2.18. The van der Waals surface area contributed by atoms with Crippen LogP contribution in [0, 0.1) is 0 Å². The molecule has 5 atom stereocenters. The normalized spacial score (nSPS) is 44.3. The van der Waals surface area contributed by atoms with Gasteiger partial charge in [-0.3, -0.25) is 0 Å². The standard InChI is InChI=1S/C9H15FO3P/c1-14(2)9-12-5-7-8(13-9)6(10)3-4-11-7/h6-9H,1,3-5H2,2H3/q+1. The maximum Gasteiger partial charge on any atom is 0.324 e. The molecular formula is C9H15FO3P+. The van der Waals surface area contributed by atoms with Crippen molar-refractivity contribution in [2.24, 2.45) is 0 Å². The van der Waals surface area contributed by atoms with E-state index < -0.39 is 19.8 Å². The molecule has 5 heteroatoms. The maximum atomic E-state index is 13.5. The molecule has 2 aliphatic rings.